The second-order valence-corrected chi connectivity index (χ2v) is 4.61. The van der Waals surface area contributed by atoms with Crippen LogP contribution >= 0.6 is 11.8 Å². The molecule has 3 heteroatoms. The summed E-state index contributed by atoms with van der Waals surface area (Å²) < 4.78 is 0. The van der Waals surface area contributed by atoms with Crippen molar-refractivity contribution in [3.05, 3.63) is 0 Å². The molecule has 0 radical (unpaired) electrons. The Hall–Kier alpha value is 0.270. The highest BCUT2D eigenvalue weighted by Crippen LogP contribution is 1.99. The third kappa shape index (κ3) is 8.85. The van der Waals surface area contributed by atoms with E-state index < -0.39 is 0 Å². The quantitative estimate of drug-likeness (QED) is 0.565. The number of nitrogens with one attached hydrogen (secondary N) is 1. The molecule has 0 spiro atoms. The summed E-state index contributed by atoms with van der Waals surface area (Å²) in [5.41, 5.74) is 0. The van der Waals surface area contributed by atoms with Gasteiger partial charge in [0.25, 0.3) is 0 Å². The van der Waals surface area contributed by atoms with E-state index in [0.717, 1.165) is 13.1 Å². The van der Waals surface area contributed by atoms with Gasteiger partial charge in [-0.1, -0.05) is 20.8 Å². The molecule has 0 aliphatic heterocycles. The standard InChI is InChI=1S/C11H26N2S/c1-4-7-12-8-10-14-11-9-13(5-2)6-3/h12H,4-11H2,1-3H3. The van der Waals surface area contributed by atoms with Gasteiger partial charge in [0.05, 0.1) is 0 Å². The van der Waals surface area contributed by atoms with Crippen LogP contribution in [0, 0.1) is 0 Å². The van der Waals surface area contributed by atoms with Gasteiger partial charge in [0.2, 0.25) is 0 Å². The Morgan fingerprint density at radius 3 is 2.29 bits per heavy atom. The van der Waals surface area contributed by atoms with Crippen LogP contribution in [-0.4, -0.2) is 49.1 Å². The van der Waals surface area contributed by atoms with Crippen molar-refractivity contribution in [3.8, 4) is 0 Å². The predicted molar refractivity (Wildman–Crippen MR) is 68.3 cm³/mol. The molecule has 0 aromatic heterocycles. The first-order valence-electron chi connectivity index (χ1n) is 5.85. The van der Waals surface area contributed by atoms with E-state index in [-0.39, 0.29) is 0 Å². The van der Waals surface area contributed by atoms with Gasteiger partial charge in [-0.25, -0.2) is 0 Å². The highest BCUT2D eigenvalue weighted by atomic mass is 32.2. The monoisotopic (exact) mass is 218 g/mol. The molecular formula is C11H26N2S. The molecule has 14 heavy (non-hydrogen) atoms. The van der Waals surface area contributed by atoms with Crippen molar-refractivity contribution in [1.29, 1.82) is 0 Å². The van der Waals surface area contributed by atoms with Crippen molar-refractivity contribution in [1.82, 2.24) is 10.2 Å². The third-order valence-corrected chi connectivity index (χ3v) is 3.26. The van der Waals surface area contributed by atoms with Gasteiger partial charge < -0.3 is 10.2 Å². The van der Waals surface area contributed by atoms with Crippen LogP contribution in [-0.2, 0) is 0 Å². The fourth-order valence-electron chi connectivity index (χ4n) is 1.28. The van der Waals surface area contributed by atoms with Crippen LogP contribution in [0.4, 0.5) is 0 Å². The normalized spacial score (nSPS) is 11.1. The maximum absolute atomic E-state index is 3.42. The van der Waals surface area contributed by atoms with Gasteiger partial charge in [0.15, 0.2) is 0 Å². The zero-order valence-corrected chi connectivity index (χ0v) is 10.8. The van der Waals surface area contributed by atoms with Crippen LogP contribution in [0.1, 0.15) is 27.2 Å². The van der Waals surface area contributed by atoms with E-state index in [1.54, 1.807) is 0 Å². The molecule has 1 N–H and O–H groups in total. The van der Waals surface area contributed by atoms with Crippen molar-refractivity contribution in [2.45, 2.75) is 27.2 Å². The number of rotatable bonds is 10. The van der Waals surface area contributed by atoms with Crippen molar-refractivity contribution in [2.75, 3.05) is 44.2 Å². The number of hydrogen-bond acceptors (Lipinski definition) is 3. The van der Waals surface area contributed by atoms with E-state index in [1.165, 1.54) is 37.6 Å². The average Bonchev–Trinajstić information content (AvgIpc) is 2.22. The van der Waals surface area contributed by atoms with E-state index in [1.807, 2.05) is 0 Å². The first-order valence-corrected chi connectivity index (χ1v) is 7.01. The second kappa shape index (κ2) is 11.3. The van der Waals surface area contributed by atoms with Crippen LogP contribution in [0.3, 0.4) is 0 Å². The minimum Gasteiger partial charge on any atom is -0.316 e. The molecule has 0 unspecified atom stereocenters. The SMILES string of the molecule is CCCNCCSCCN(CC)CC. The molecule has 0 heterocycles. The predicted octanol–water partition coefficient (Wildman–Crippen LogP) is 2.06. The Kier molecular flexibility index (Phi) is 11.6. The van der Waals surface area contributed by atoms with E-state index in [4.69, 9.17) is 0 Å². The molecule has 0 aromatic rings. The Labute approximate surface area is 93.8 Å². The molecule has 86 valence electrons. The first kappa shape index (κ1) is 14.3. The Bertz CT molecular complexity index is 105. The van der Waals surface area contributed by atoms with Crippen molar-refractivity contribution in [3.63, 3.8) is 0 Å². The van der Waals surface area contributed by atoms with Gasteiger partial charge in [-0.05, 0) is 26.1 Å². The zero-order valence-electron chi connectivity index (χ0n) is 10.0. The van der Waals surface area contributed by atoms with E-state index >= 15 is 0 Å². The van der Waals surface area contributed by atoms with E-state index in [2.05, 4.69) is 42.7 Å². The minimum absolute atomic E-state index is 1.16. The number of nitrogens with zero attached hydrogens (tertiary/aromatic N) is 1. The lowest BCUT2D eigenvalue weighted by atomic mass is 10.5. The van der Waals surface area contributed by atoms with Gasteiger partial charge in [-0.3, -0.25) is 0 Å². The molecule has 0 amide bonds. The average molecular weight is 218 g/mol. The third-order valence-electron chi connectivity index (χ3n) is 2.30. The lowest BCUT2D eigenvalue weighted by molar-refractivity contribution is 0.324. The maximum Gasteiger partial charge on any atom is 0.00721 e. The molecule has 0 aliphatic rings. The van der Waals surface area contributed by atoms with Gasteiger partial charge in [-0.15, -0.1) is 0 Å². The van der Waals surface area contributed by atoms with Crippen LogP contribution in [0.5, 0.6) is 0 Å². The van der Waals surface area contributed by atoms with Crippen molar-refractivity contribution < 1.29 is 0 Å². The summed E-state index contributed by atoms with van der Waals surface area (Å²) in [6.07, 6.45) is 1.24. The van der Waals surface area contributed by atoms with Crippen LogP contribution in [0.2, 0.25) is 0 Å². The summed E-state index contributed by atoms with van der Waals surface area (Å²) in [5.74, 6) is 2.52. The van der Waals surface area contributed by atoms with Crippen molar-refractivity contribution in [2.24, 2.45) is 0 Å². The largest absolute Gasteiger partial charge is 0.316 e. The highest BCUT2D eigenvalue weighted by Gasteiger charge is 1.97. The van der Waals surface area contributed by atoms with E-state index in [0.29, 0.717) is 0 Å². The van der Waals surface area contributed by atoms with E-state index in [9.17, 15) is 0 Å². The van der Waals surface area contributed by atoms with Gasteiger partial charge in [0, 0.05) is 24.6 Å². The lowest BCUT2D eigenvalue weighted by Crippen LogP contribution is -2.26. The van der Waals surface area contributed by atoms with Gasteiger partial charge >= 0.3 is 0 Å². The maximum atomic E-state index is 3.42. The van der Waals surface area contributed by atoms with Crippen LogP contribution < -0.4 is 5.32 Å². The summed E-state index contributed by atoms with van der Waals surface area (Å²) in [7, 11) is 0. The molecule has 2 nitrogen and oxygen atoms in total. The summed E-state index contributed by atoms with van der Waals surface area (Å²) in [6, 6.07) is 0. The molecule has 0 aromatic carbocycles. The molecule has 0 saturated carbocycles. The smallest absolute Gasteiger partial charge is 0.00721 e. The number of thioether (sulfide) groups is 1. The highest BCUT2D eigenvalue weighted by molar-refractivity contribution is 7.99. The summed E-state index contributed by atoms with van der Waals surface area (Å²) in [6.45, 7) is 12.6. The summed E-state index contributed by atoms with van der Waals surface area (Å²) >= 11 is 2.06. The molecular weight excluding hydrogens is 192 g/mol. The Morgan fingerprint density at radius 2 is 1.71 bits per heavy atom. The molecule has 0 fully saturated rings. The van der Waals surface area contributed by atoms with Gasteiger partial charge in [-0.2, -0.15) is 11.8 Å². The zero-order chi connectivity index (χ0) is 10.6. The molecule has 0 bridgehead atoms. The molecule has 0 saturated heterocycles. The molecule has 0 aliphatic carbocycles. The van der Waals surface area contributed by atoms with Gasteiger partial charge in [0.1, 0.15) is 0 Å². The van der Waals surface area contributed by atoms with Crippen LogP contribution in [0.15, 0.2) is 0 Å². The molecule has 0 rings (SSSR count). The summed E-state index contributed by atoms with van der Waals surface area (Å²) in [5, 5.41) is 3.42. The topological polar surface area (TPSA) is 15.3 Å². The second-order valence-electron chi connectivity index (χ2n) is 3.39. The summed E-state index contributed by atoms with van der Waals surface area (Å²) in [4.78, 5) is 2.48. The Balaban J connectivity index is 3.04. The lowest BCUT2D eigenvalue weighted by Gasteiger charge is -2.17. The fourth-order valence-corrected chi connectivity index (χ4v) is 2.16. The number of hydrogen-bond donors (Lipinski definition) is 1. The Morgan fingerprint density at radius 1 is 1.00 bits per heavy atom. The first-order chi connectivity index (χ1) is 6.85. The molecule has 0 atom stereocenters. The fraction of sp³-hybridized carbons (Fsp3) is 1.00. The van der Waals surface area contributed by atoms with Crippen LogP contribution in [0.25, 0.3) is 0 Å². The minimum atomic E-state index is 1.16. The van der Waals surface area contributed by atoms with Crippen molar-refractivity contribution >= 4 is 11.8 Å².